The van der Waals surface area contributed by atoms with Crippen molar-refractivity contribution in [1.29, 1.82) is 10.8 Å². The molecule has 0 radical (unpaired) electrons. The second-order valence-electron chi connectivity index (χ2n) is 5.63. The van der Waals surface area contributed by atoms with Gasteiger partial charge in [0.15, 0.2) is 0 Å². The van der Waals surface area contributed by atoms with Crippen molar-refractivity contribution >= 4 is 11.7 Å². The maximum absolute atomic E-state index is 7.72. The summed E-state index contributed by atoms with van der Waals surface area (Å²) in [6, 6.07) is 19.6. The second kappa shape index (κ2) is 6.97. The van der Waals surface area contributed by atoms with E-state index >= 15 is 0 Å². The third kappa shape index (κ3) is 3.55. The molecule has 0 amide bonds. The van der Waals surface area contributed by atoms with Gasteiger partial charge in [0, 0.05) is 24.4 Å². The third-order valence-corrected chi connectivity index (χ3v) is 4.02. The van der Waals surface area contributed by atoms with Crippen molar-refractivity contribution in [2.24, 2.45) is 5.73 Å². The molecule has 0 unspecified atom stereocenters. The lowest BCUT2D eigenvalue weighted by Gasteiger charge is -2.07. The van der Waals surface area contributed by atoms with Crippen molar-refractivity contribution in [3.05, 3.63) is 78.1 Å². The number of amidine groups is 2. The molecular formula is C20H19N5. The molecule has 25 heavy (non-hydrogen) atoms. The number of hydrogen-bond donors (Lipinski definition) is 4. The van der Waals surface area contributed by atoms with Gasteiger partial charge in [0.1, 0.15) is 17.4 Å². The maximum atomic E-state index is 7.72. The highest BCUT2D eigenvalue weighted by Gasteiger charge is 2.04. The minimum atomic E-state index is 0.0733. The first-order chi connectivity index (χ1) is 12.1. The van der Waals surface area contributed by atoms with Crippen LogP contribution in [0, 0.1) is 10.8 Å². The molecule has 0 aliphatic carbocycles. The van der Waals surface area contributed by atoms with Gasteiger partial charge in [0.05, 0.1) is 0 Å². The van der Waals surface area contributed by atoms with E-state index in [0.717, 1.165) is 27.8 Å². The first-order valence-corrected chi connectivity index (χ1v) is 7.86. The highest BCUT2D eigenvalue weighted by atomic mass is 14.9. The van der Waals surface area contributed by atoms with E-state index in [1.54, 1.807) is 13.2 Å². The smallest absolute Gasteiger partial charge is 0.144 e. The molecule has 0 aliphatic heterocycles. The Hall–Kier alpha value is -3.47. The van der Waals surface area contributed by atoms with Crippen LogP contribution in [-0.2, 0) is 0 Å². The molecule has 3 aromatic rings. The molecular weight excluding hydrogens is 310 g/mol. The Kier molecular flexibility index (Phi) is 4.57. The molecule has 1 aromatic heterocycles. The van der Waals surface area contributed by atoms with Crippen LogP contribution in [0.2, 0.25) is 0 Å². The van der Waals surface area contributed by atoms with Gasteiger partial charge in [-0.1, -0.05) is 54.6 Å². The lowest BCUT2D eigenvalue weighted by Crippen LogP contribution is -2.18. The molecule has 5 heteroatoms. The molecule has 0 atom stereocenters. The number of aromatic nitrogens is 1. The van der Waals surface area contributed by atoms with Crippen LogP contribution >= 0.6 is 0 Å². The van der Waals surface area contributed by atoms with Gasteiger partial charge in [-0.2, -0.15) is 0 Å². The highest BCUT2D eigenvalue weighted by Crippen LogP contribution is 2.25. The number of pyridine rings is 1. The summed E-state index contributed by atoms with van der Waals surface area (Å²) in [6.45, 7) is 0. The molecule has 0 saturated carbocycles. The van der Waals surface area contributed by atoms with Gasteiger partial charge in [-0.25, -0.2) is 0 Å². The molecule has 2 aromatic carbocycles. The summed E-state index contributed by atoms with van der Waals surface area (Å²) in [6.07, 6.45) is 1.78. The summed E-state index contributed by atoms with van der Waals surface area (Å²) < 4.78 is 0. The number of hydrogen-bond acceptors (Lipinski definition) is 3. The average molecular weight is 329 g/mol. The third-order valence-electron chi connectivity index (χ3n) is 4.02. The Bertz CT molecular complexity index is 894. The summed E-state index contributed by atoms with van der Waals surface area (Å²) in [5.74, 6) is 0.375. The molecule has 0 bridgehead atoms. The van der Waals surface area contributed by atoms with Gasteiger partial charge in [-0.15, -0.1) is 0 Å². The quantitative estimate of drug-likeness (QED) is 0.437. The van der Waals surface area contributed by atoms with Gasteiger partial charge >= 0.3 is 0 Å². The second-order valence-corrected chi connectivity index (χ2v) is 5.63. The number of nitrogens with two attached hydrogens (primary N) is 1. The minimum absolute atomic E-state index is 0.0733. The zero-order valence-corrected chi connectivity index (χ0v) is 13.9. The fraction of sp³-hybridized carbons (Fsp3) is 0.0500. The molecule has 124 valence electrons. The van der Waals surface area contributed by atoms with E-state index in [-0.39, 0.29) is 5.84 Å². The predicted octanol–water partition coefficient (Wildman–Crippen LogP) is 3.24. The molecule has 1 heterocycles. The van der Waals surface area contributed by atoms with Crippen LogP contribution in [-0.4, -0.2) is 23.7 Å². The Morgan fingerprint density at radius 1 is 0.800 bits per heavy atom. The summed E-state index contributed by atoms with van der Waals surface area (Å²) in [7, 11) is 1.71. The fourth-order valence-corrected chi connectivity index (χ4v) is 2.54. The lowest BCUT2D eigenvalue weighted by atomic mass is 10.00. The van der Waals surface area contributed by atoms with E-state index in [2.05, 4.69) is 22.4 Å². The molecule has 0 spiro atoms. The highest BCUT2D eigenvalue weighted by molar-refractivity contribution is 5.95. The van der Waals surface area contributed by atoms with E-state index in [4.69, 9.17) is 16.6 Å². The number of nitrogen functional groups attached to an aromatic ring is 1. The SMILES string of the molecule is CNC(=N)c1ccc(-c2ccc(-c3ccc(C(=N)N)cc3)cc2)cn1. The normalized spacial score (nSPS) is 10.3. The molecule has 0 aliphatic rings. The Morgan fingerprint density at radius 3 is 1.72 bits per heavy atom. The number of nitrogens with zero attached hydrogens (tertiary/aromatic N) is 1. The summed E-state index contributed by atoms with van der Waals surface area (Å²) in [5.41, 5.74) is 11.1. The molecule has 0 saturated heterocycles. The zero-order valence-electron chi connectivity index (χ0n) is 13.9. The Morgan fingerprint density at radius 2 is 1.28 bits per heavy atom. The van der Waals surface area contributed by atoms with Crippen LogP contribution in [0.1, 0.15) is 11.3 Å². The van der Waals surface area contributed by atoms with Gasteiger partial charge in [-0.05, 0) is 22.8 Å². The van der Waals surface area contributed by atoms with Crippen LogP contribution < -0.4 is 11.1 Å². The van der Waals surface area contributed by atoms with Gasteiger partial charge in [0.2, 0.25) is 0 Å². The van der Waals surface area contributed by atoms with E-state index in [9.17, 15) is 0 Å². The van der Waals surface area contributed by atoms with Crippen molar-refractivity contribution in [3.63, 3.8) is 0 Å². The molecule has 5 nitrogen and oxygen atoms in total. The molecule has 5 N–H and O–H groups in total. The fourth-order valence-electron chi connectivity index (χ4n) is 2.54. The first-order valence-electron chi connectivity index (χ1n) is 7.86. The van der Waals surface area contributed by atoms with E-state index < -0.39 is 0 Å². The summed E-state index contributed by atoms with van der Waals surface area (Å²) in [5, 5.41) is 17.9. The predicted molar refractivity (Wildman–Crippen MR) is 102 cm³/mol. The number of rotatable bonds is 4. The monoisotopic (exact) mass is 329 g/mol. The lowest BCUT2D eigenvalue weighted by molar-refractivity contribution is 1.11. The Labute approximate surface area is 146 Å². The molecule has 3 rings (SSSR count). The topological polar surface area (TPSA) is 98.6 Å². The molecule has 0 fully saturated rings. The van der Waals surface area contributed by atoms with E-state index in [1.165, 1.54) is 0 Å². The van der Waals surface area contributed by atoms with Crippen LogP contribution in [0.5, 0.6) is 0 Å². The summed E-state index contributed by atoms with van der Waals surface area (Å²) in [4.78, 5) is 4.31. The average Bonchev–Trinajstić information content (AvgIpc) is 2.67. The van der Waals surface area contributed by atoms with Crippen LogP contribution in [0.3, 0.4) is 0 Å². The van der Waals surface area contributed by atoms with E-state index in [1.807, 2.05) is 48.5 Å². The van der Waals surface area contributed by atoms with E-state index in [0.29, 0.717) is 11.5 Å². The van der Waals surface area contributed by atoms with Crippen LogP contribution in [0.25, 0.3) is 22.3 Å². The minimum Gasteiger partial charge on any atom is -0.384 e. The van der Waals surface area contributed by atoms with Crippen molar-refractivity contribution in [2.75, 3.05) is 7.05 Å². The van der Waals surface area contributed by atoms with Crippen molar-refractivity contribution < 1.29 is 0 Å². The van der Waals surface area contributed by atoms with Crippen molar-refractivity contribution in [2.45, 2.75) is 0 Å². The number of nitrogens with one attached hydrogen (secondary N) is 3. The maximum Gasteiger partial charge on any atom is 0.144 e. The summed E-state index contributed by atoms with van der Waals surface area (Å²) >= 11 is 0. The zero-order chi connectivity index (χ0) is 17.8. The van der Waals surface area contributed by atoms with Gasteiger partial charge < -0.3 is 11.1 Å². The largest absolute Gasteiger partial charge is 0.384 e. The van der Waals surface area contributed by atoms with Crippen LogP contribution in [0.15, 0.2) is 66.9 Å². The Balaban J connectivity index is 1.82. The van der Waals surface area contributed by atoms with Crippen LogP contribution in [0.4, 0.5) is 0 Å². The standard InChI is InChI=1S/C20H19N5/c1-24-20(23)18-11-10-17(12-25-18)15-4-2-13(3-5-15)14-6-8-16(9-7-14)19(21)22/h2-12H,1H3,(H3,21,22)(H2,23,24). The van der Waals surface area contributed by atoms with Crippen molar-refractivity contribution in [3.8, 4) is 22.3 Å². The van der Waals surface area contributed by atoms with Gasteiger partial charge in [0.25, 0.3) is 0 Å². The number of benzene rings is 2. The van der Waals surface area contributed by atoms with Crippen molar-refractivity contribution in [1.82, 2.24) is 10.3 Å². The van der Waals surface area contributed by atoms with Gasteiger partial charge in [-0.3, -0.25) is 15.8 Å². The first kappa shape index (κ1) is 16.4.